The average molecular weight is 365 g/mol. The SMILES string of the molecule is CN(Cc1nc2ccccc2s1)C(=O)c1cccc(NC(=O)C2CC2)c1. The number of carbonyl (C=O) groups excluding carboxylic acids is 2. The monoisotopic (exact) mass is 365 g/mol. The summed E-state index contributed by atoms with van der Waals surface area (Å²) < 4.78 is 1.12. The molecule has 132 valence electrons. The minimum Gasteiger partial charge on any atom is -0.335 e. The van der Waals surface area contributed by atoms with Crippen molar-refractivity contribution in [2.75, 3.05) is 12.4 Å². The zero-order valence-corrected chi connectivity index (χ0v) is 15.3. The van der Waals surface area contributed by atoms with Crippen molar-refractivity contribution < 1.29 is 9.59 Å². The Kier molecular flexibility index (Phi) is 4.42. The number of benzene rings is 2. The third-order valence-corrected chi connectivity index (χ3v) is 5.40. The van der Waals surface area contributed by atoms with E-state index in [2.05, 4.69) is 10.3 Å². The molecular formula is C20H19N3O2S. The molecule has 3 aromatic rings. The highest BCUT2D eigenvalue weighted by Crippen LogP contribution is 2.30. The van der Waals surface area contributed by atoms with Crippen molar-refractivity contribution in [3.63, 3.8) is 0 Å². The summed E-state index contributed by atoms with van der Waals surface area (Å²) in [6.45, 7) is 0.455. The van der Waals surface area contributed by atoms with Gasteiger partial charge in [-0.2, -0.15) is 0 Å². The van der Waals surface area contributed by atoms with Gasteiger partial charge in [-0.05, 0) is 43.2 Å². The first-order valence-corrected chi connectivity index (χ1v) is 9.42. The lowest BCUT2D eigenvalue weighted by Gasteiger charge is -2.16. The molecule has 1 saturated carbocycles. The third kappa shape index (κ3) is 3.60. The molecule has 1 aliphatic carbocycles. The number of para-hydroxylation sites is 1. The molecule has 2 amide bonds. The molecule has 0 saturated heterocycles. The van der Waals surface area contributed by atoms with Gasteiger partial charge >= 0.3 is 0 Å². The molecule has 0 spiro atoms. The van der Waals surface area contributed by atoms with Crippen LogP contribution in [-0.2, 0) is 11.3 Å². The van der Waals surface area contributed by atoms with Crippen LogP contribution in [0.4, 0.5) is 5.69 Å². The number of fused-ring (bicyclic) bond motifs is 1. The first-order chi connectivity index (χ1) is 12.6. The fourth-order valence-electron chi connectivity index (χ4n) is 2.80. The summed E-state index contributed by atoms with van der Waals surface area (Å²) in [5, 5.41) is 3.79. The van der Waals surface area contributed by atoms with Gasteiger partial charge in [-0.3, -0.25) is 9.59 Å². The lowest BCUT2D eigenvalue weighted by Crippen LogP contribution is -2.26. The molecule has 1 aliphatic rings. The van der Waals surface area contributed by atoms with Crippen LogP contribution in [0.25, 0.3) is 10.2 Å². The second-order valence-electron chi connectivity index (χ2n) is 6.58. The van der Waals surface area contributed by atoms with Gasteiger partial charge in [0.2, 0.25) is 5.91 Å². The van der Waals surface area contributed by atoms with E-state index in [0.717, 1.165) is 28.1 Å². The van der Waals surface area contributed by atoms with Crippen LogP contribution in [0.2, 0.25) is 0 Å². The van der Waals surface area contributed by atoms with E-state index in [1.54, 1.807) is 41.5 Å². The minimum atomic E-state index is -0.0909. The van der Waals surface area contributed by atoms with Gasteiger partial charge in [0.15, 0.2) is 0 Å². The molecule has 1 heterocycles. The predicted molar refractivity (Wildman–Crippen MR) is 103 cm³/mol. The third-order valence-electron chi connectivity index (χ3n) is 4.38. The smallest absolute Gasteiger partial charge is 0.254 e. The van der Waals surface area contributed by atoms with Gasteiger partial charge in [0.25, 0.3) is 5.91 Å². The molecular weight excluding hydrogens is 346 g/mol. The summed E-state index contributed by atoms with van der Waals surface area (Å²) in [7, 11) is 1.77. The van der Waals surface area contributed by atoms with Crippen molar-refractivity contribution in [2.45, 2.75) is 19.4 Å². The van der Waals surface area contributed by atoms with E-state index in [0.29, 0.717) is 17.8 Å². The summed E-state index contributed by atoms with van der Waals surface area (Å²) in [5.74, 6) is 0.0836. The number of nitrogens with zero attached hydrogens (tertiary/aromatic N) is 2. The van der Waals surface area contributed by atoms with Crippen LogP contribution in [0.1, 0.15) is 28.2 Å². The van der Waals surface area contributed by atoms with E-state index in [-0.39, 0.29) is 17.7 Å². The zero-order valence-electron chi connectivity index (χ0n) is 14.4. The fraction of sp³-hybridized carbons (Fsp3) is 0.250. The van der Waals surface area contributed by atoms with Crippen molar-refractivity contribution >= 4 is 39.1 Å². The first-order valence-electron chi connectivity index (χ1n) is 8.61. The van der Waals surface area contributed by atoms with Gasteiger partial charge in [0.05, 0.1) is 16.8 Å². The summed E-state index contributed by atoms with van der Waals surface area (Å²) in [6, 6.07) is 15.1. The van der Waals surface area contributed by atoms with Crippen LogP contribution < -0.4 is 5.32 Å². The Hall–Kier alpha value is -2.73. The normalized spacial score (nSPS) is 13.6. The van der Waals surface area contributed by atoms with Crippen LogP contribution in [0.5, 0.6) is 0 Å². The van der Waals surface area contributed by atoms with Crippen molar-refractivity contribution in [2.24, 2.45) is 5.92 Å². The molecule has 5 nitrogen and oxygen atoms in total. The Balaban J connectivity index is 1.46. The topological polar surface area (TPSA) is 62.3 Å². The molecule has 0 atom stereocenters. The van der Waals surface area contributed by atoms with E-state index in [1.807, 2.05) is 30.3 Å². The fourth-order valence-corrected chi connectivity index (χ4v) is 3.82. The van der Waals surface area contributed by atoms with Gasteiger partial charge in [0.1, 0.15) is 5.01 Å². The van der Waals surface area contributed by atoms with Gasteiger partial charge in [-0.1, -0.05) is 18.2 Å². The number of anilines is 1. The zero-order chi connectivity index (χ0) is 18.1. The van der Waals surface area contributed by atoms with E-state index in [4.69, 9.17) is 0 Å². The summed E-state index contributed by atoms with van der Waals surface area (Å²) in [6.07, 6.45) is 1.91. The van der Waals surface area contributed by atoms with Crippen molar-refractivity contribution in [1.29, 1.82) is 0 Å². The molecule has 4 rings (SSSR count). The molecule has 2 aromatic carbocycles. The van der Waals surface area contributed by atoms with Crippen molar-refractivity contribution in [3.8, 4) is 0 Å². The highest BCUT2D eigenvalue weighted by molar-refractivity contribution is 7.18. The van der Waals surface area contributed by atoms with Gasteiger partial charge in [-0.25, -0.2) is 4.98 Å². The number of rotatable bonds is 5. The quantitative estimate of drug-likeness (QED) is 0.745. The van der Waals surface area contributed by atoms with Gasteiger partial charge in [0, 0.05) is 24.2 Å². The van der Waals surface area contributed by atoms with Gasteiger partial charge in [-0.15, -0.1) is 11.3 Å². The predicted octanol–water partition coefficient (Wildman–Crippen LogP) is 3.92. The second kappa shape index (κ2) is 6.88. The maximum atomic E-state index is 12.7. The maximum absolute atomic E-state index is 12.7. The molecule has 6 heteroatoms. The van der Waals surface area contributed by atoms with Crippen molar-refractivity contribution in [1.82, 2.24) is 9.88 Å². The summed E-state index contributed by atoms with van der Waals surface area (Å²) >= 11 is 1.60. The van der Waals surface area contributed by atoms with Crippen molar-refractivity contribution in [3.05, 3.63) is 59.1 Å². The van der Waals surface area contributed by atoms with Crippen LogP contribution >= 0.6 is 11.3 Å². The average Bonchev–Trinajstić information content (AvgIpc) is 3.41. The molecule has 0 bridgehead atoms. The molecule has 0 unspecified atom stereocenters. The van der Waals surface area contributed by atoms with Crippen LogP contribution in [0.3, 0.4) is 0 Å². The number of amides is 2. The molecule has 1 aromatic heterocycles. The second-order valence-corrected chi connectivity index (χ2v) is 7.70. The number of nitrogens with one attached hydrogen (secondary N) is 1. The molecule has 26 heavy (non-hydrogen) atoms. The van der Waals surface area contributed by atoms with E-state index >= 15 is 0 Å². The van der Waals surface area contributed by atoms with Crippen LogP contribution in [0.15, 0.2) is 48.5 Å². The summed E-state index contributed by atoms with van der Waals surface area (Å²) in [4.78, 5) is 30.9. The lowest BCUT2D eigenvalue weighted by molar-refractivity contribution is -0.117. The molecule has 1 fully saturated rings. The minimum absolute atomic E-state index is 0.0393. The first kappa shape index (κ1) is 16.7. The molecule has 1 N–H and O–H groups in total. The summed E-state index contributed by atoms with van der Waals surface area (Å²) in [5.41, 5.74) is 2.18. The number of aromatic nitrogens is 1. The Labute approximate surface area is 155 Å². The van der Waals surface area contributed by atoms with Crippen LogP contribution in [-0.4, -0.2) is 28.7 Å². The largest absolute Gasteiger partial charge is 0.335 e. The molecule has 0 radical (unpaired) electrons. The maximum Gasteiger partial charge on any atom is 0.254 e. The van der Waals surface area contributed by atoms with E-state index in [1.165, 1.54) is 0 Å². The van der Waals surface area contributed by atoms with Gasteiger partial charge < -0.3 is 10.2 Å². The lowest BCUT2D eigenvalue weighted by atomic mass is 10.1. The number of hydrogen-bond acceptors (Lipinski definition) is 4. The number of carbonyl (C=O) groups is 2. The van der Waals surface area contributed by atoms with E-state index in [9.17, 15) is 9.59 Å². The molecule has 0 aliphatic heterocycles. The Morgan fingerprint density at radius 3 is 2.77 bits per heavy atom. The van der Waals surface area contributed by atoms with E-state index < -0.39 is 0 Å². The standard InChI is InChI=1S/C20H19N3O2S/c1-23(12-18-22-16-7-2-3-8-17(16)26-18)20(25)14-5-4-6-15(11-14)21-19(24)13-9-10-13/h2-8,11,13H,9-10,12H2,1H3,(H,21,24). The Morgan fingerprint density at radius 1 is 1.19 bits per heavy atom. The Morgan fingerprint density at radius 2 is 2.00 bits per heavy atom. The number of thiazole rings is 1. The highest BCUT2D eigenvalue weighted by atomic mass is 32.1. The number of hydrogen-bond donors (Lipinski definition) is 1. The van der Waals surface area contributed by atoms with Crippen LogP contribution in [0, 0.1) is 5.92 Å². The Bertz CT molecular complexity index is 945. The highest BCUT2D eigenvalue weighted by Gasteiger charge is 2.29.